The maximum atomic E-state index is 12.0. The lowest BCUT2D eigenvalue weighted by Gasteiger charge is -2.25. The summed E-state index contributed by atoms with van der Waals surface area (Å²) in [4.78, 5) is 23.2. The highest BCUT2D eigenvalue weighted by Crippen LogP contribution is 2.39. The molecule has 1 atom stereocenters. The number of amides is 1. The Bertz CT molecular complexity index is 952. The highest BCUT2D eigenvalue weighted by molar-refractivity contribution is 5.95. The molecule has 2 rings (SSSR count). The van der Waals surface area contributed by atoms with Crippen molar-refractivity contribution in [3.05, 3.63) is 47.5 Å². The van der Waals surface area contributed by atoms with Crippen molar-refractivity contribution in [2.24, 2.45) is 11.5 Å². The molecule has 2 aromatic carbocycles. The molecule has 0 heterocycles. The third-order valence-electron chi connectivity index (χ3n) is 4.10. The molecule has 0 aromatic heterocycles. The SMILES string of the molecule is CCOc1cc(OCC(N)=O)c(C(Nc2ccc(C(=N)N)cc2)C(=O)[O-])cc1OCC.Cl. The fraction of sp³-hybridized carbons (Fsp3) is 0.286. The predicted octanol–water partition coefficient (Wildman–Crippen LogP) is 0.957. The summed E-state index contributed by atoms with van der Waals surface area (Å²) in [6.45, 7) is 3.75. The van der Waals surface area contributed by atoms with E-state index in [0.29, 0.717) is 36.0 Å². The maximum Gasteiger partial charge on any atom is 0.255 e. The molecular weight excluding hydrogens is 440 g/mol. The van der Waals surface area contributed by atoms with Crippen LogP contribution in [0, 0.1) is 5.41 Å². The van der Waals surface area contributed by atoms with Crippen LogP contribution < -0.4 is 36.1 Å². The maximum absolute atomic E-state index is 12.0. The molecule has 0 aliphatic rings. The van der Waals surface area contributed by atoms with Crippen LogP contribution in [0.4, 0.5) is 5.69 Å². The van der Waals surface area contributed by atoms with Crippen LogP contribution in [-0.4, -0.2) is 37.5 Å². The first-order valence-corrected chi connectivity index (χ1v) is 9.53. The Kier molecular flexibility index (Phi) is 10.1. The third-order valence-corrected chi connectivity index (χ3v) is 4.10. The Balaban J connectivity index is 0.00000512. The highest BCUT2D eigenvalue weighted by atomic mass is 35.5. The van der Waals surface area contributed by atoms with E-state index >= 15 is 0 Å². The van der Waals surface area contributed by atoms with Crippen LogP contribution in [0.1, 0.15) is 31.0 Å². The molecule has 0 saturated heterocycles. The fourth-order valence-electron chi connectivity index (χ4n) is 2.77. The van der Waals surface area contributed by atoms with Crippen LogP contribution >= 0.6 is 12.4 Å². The normalized spacial score (nSPS) is 10.9. The number of halogens is 1. The number of nitrogens with two attached hydrogens (primary N) is 2. The molecule has 1 amide bonds. The van der Waals surface area contributed by atoms with Crippen LogP contribution in [0.3, 0.4) is 0 Å². The van der Waals surface area contributed by atoms with Crippen molar-refractivity contribution in [3.8, 4) is 17.2 Å². The second-order valence-corrected chi connectivity index (χ2v) is 6.35. The van der Waals surface area contributed by atoms with Crippen molar-refractivity contribution in [3.63, 3.8) is 0 Å². The Morgan fingerprint density at radius 2 is 1.56 bits per heavy atom. The van der Waals surface area contributed by atoms with Crippen molar-refractivity contribution >= 4 is 35.8 Å². The molecule has 0 fully saturated rings. The van der Waals surface area contributed by atoms with Crippen LogP contribution in [0.2, 0.25) is 0 Å². The van der Waals surface area contributed by atoms with E-state index in [9.17, 15) is 14.7 Å². The van der Waals surface area contributed by atoms with Crippen LogP contribution in [0.25, 0.3) is 0 Å². The molecule has 0 saturated carbocycles. The lowest BCUT2D eigenvalue weighted by Crippen LogP contribution is -2.35. The molecule has 1 unspecified atom stereocenters. The van der Waals surface area contributed by atoms with Crippen LogP contribution in [0.5, 0.6) is 17.2 Å². The Morgan fingerprint density at radius 1 is 1.00 bits per heavy atom. The average molecular weight is 466 g/mol. The van der Waals surface area contributed by atoms with Gasteiger partial charge in [-0.3, -0.25) is 10.2 Å². The second-order valence-electron chi connectivity index (χ2n) is 6.35. The van der Waals surface area contributed by atoms with Gasteiger partial charge >= 0.3 is 0 Å². The first-order chi connectivity index (χ1) is 14.8. The van der Waals surface area contributed by atoms with Gasteiger partial charge in [-0.05, 0) is 44.2 Å². The first-order valence-electron chi connectivity index (χ1n) is 9.53. The minimum absolute atomic E-state index is 0. The molecular formula is C21H26ClN4O6-. The number of benzene rings is 2. The second kappa shape index (κ2) is 12.3. The predicted molar refractivity (Wildman–Crippen MR) is 120 cm³/mol. The van der Waals surface area contributed by atoms with Crippen LogP contribution in [0.15, 0.2) is 36.4 Å². The zero-order valence-corrected chi connectivity index (χ0v) is 18.5. The van der Waals surface area contributed by atoms with Gasteiger partial charge < -0.3 is 40.9 Å². The summed E-state index contributed by atoms with van der Waals surface area (Å²) in [5.41, 5.74) is 11.7. The van der Waals surface area contributed by atoms with Gasteiger partial charge in [0.15, 0.2) is 18.1 Å². The van der Waals surface area contributed by atoms with Gasteiger partial charge in [0.1, 0.15) is 11.6 Å². The highest BCUT2D eigenvalue weighted by Gasteiger charge is 2.22. The molecule has 2 aromatic rings. The number of anilines is 1. The van der Waals surface area contributed by atoms with Gasteiger partial charge in [-0.25, -0.2) is 0 Å². The summed E-state index contributed by atoms with van der Waals surface area (Å²) in [7, 11) is 0. The molecule has 174 valence electrons. The first kappa shape index (κ1) is 26.4. The average Bonchev–Trinajstić information content (AvgIpc) is 2.72. The van der Waals surface area contributed by atoms with Gasteiger partial charge in [-0.2, -0.15) is 0 Å². The zero-order chi connectivity index (χ0) is 23.0. The van der Waals surface area contributed by atoms with Gasteiger partial charge in [0.25, 0.3) is 5.91 Å². The summed E-state index contributed by atoms with van der Waals surface area (Å²) in [5, 5.41) is 22.3. The summed E-state index contributed by atoms with van der Waals surface area (Å²) in [6.07, 6.45) is 0. The van der Waals surface area contributed by atoms with Gasteiger partial charge in [-0.15, -0.1) is 12.4 Å². The number of nitrogens with one attached hydrogen (secondary N) is 2. The van der Waals surface area contributed by atoms with Gasteiger partial charge in [0.05, 0.1) is 25.2 Å². The largest absolute Gasteiger partial charge is 0.548 e. The van der Waals surface area contributed by atoms with E-state index in [4.69, 9.17) is 31.1 Å². The van der Waals surface area contributed by atoms with E-state index in [0.717, 1.165) is 0 Å². The van der Waals surface area contributed by atoms with Gasteiger partial charge in [0.2, 0.25) is 0 Å². The number of hydrogen-bond acceptors (Lipinski definition) is 8. The number of carbonyl (C=O) groups excluding carboxylic acids is 2. The number of nitrogen functional groups attached to an aromatic ring is 1. The van der Waals surface area contributed by atoms with E-state index in [1.54, 1.807) is 38.1 Å². The zero-order valence-electron chi connectivity index (χ0n) is 17.7. The number of hydrogen-bond donors (Lipinski definition) is 4. The monoisotopic (exact) mass is 465 g/mol. The number of ether oxygens (including phenoxy) is 3. The number of primary amides is 1. The molecule has 11 heteroatoms. The molecule has 0 bridgehead atoms. The lowest BCUT2D eigenvalue weighted by molar-refractivity contribution is -0.307. The van der Waals surface area contributed by atoms with E-state index in [1.807, 2.05) is 0 Å². The Morgan fingerprint density at radius 3 is 2.03 bits per heavy atom. The molecule has 10 nitrogen and oxygen atoms in total. The molecule has 0 radical (unpaired) electrons. The van der Waals surface area contributed by atoms with Crippen molar-refractivity contribution in [1.82, 2.24) is 0 Å². The van der Waals surface area contributed by atoms with Crippen molar-refractivity contribution in [2.75, 3.05) is 25.1 Å². The van der Waals surface area contributed by atoms with E-state index < -0.39 is 24.5 Å². The molecule has 32 heavy (non-hydrogen) atoms. The third kappa shape index (κ3) is 6.95. The number of carboxylic acids is 1. The minimum atomic E-state index is -1.44. The van der Waals surface area contributed by atoms with Gasteiger partial charge in [-0.1, -0.05) is 0 Å². The summed E-state index contributed by atoms with van der Waals surface area (Å²) >= 11 is 0. The topological polar surface area (TPSA) is 173 Å². The fourth-order valence-corrected chi connectivity index (χ4v) is 2.77. The van der Waals surface area contributed by atoms with Gasteiger partial charge in [0, 0.05) is 22.9 Å². The number of rotatable bonds is 12. The van der Waals surface area contributed by atoms with E-state index in [1.165, 1.54) is 12.1 Å². The van der Waals surface area contributed by atoms with Crippen molar-refractivity contribution in [1.29, 1.82) is 5.41 Å². The van der Waals surface area contributed by atoms with Crippen molar-refractivity contribution in [2.45, 2.75) is 19.9 Å². The standard InChI is InChI=1S/C21H26N4O6.ClH/c1-3-29-16-9-14(15(31-11-18(22)26)10-17(16)30-4-2)19(21(27)28)25-13-7-5-12(6-8-13)20(23)24;/h5-10,19,25H,3-4,11H2,1-2H3,(H2,22,26)(H3,23,24)(H,27,28);1H/p-1. The minimum Gasteiger partial charge on any atom is -0.548 e. The number of amidine groups is 1. The van der Waals surface area contributed by atoms with Crippen LogP contribution in [-0.2, 0) is 9.59 Å². The number of aliphatic carboxylic acids is 1. The number of carboxylic acid groups (broad SMARTS) is 1. The number of carbonyl (C=O) groups is 2. The molecule has 0 spiro atoms. The summed E-state index contributed by atoms with van der Waals surface area (Å²) in [6, 6.07) is 7.85. The molecule has 6 N–H and O–H groups in total. The van der Waals surface area contributed by atoms with E-state index in [2.05, 4.69) is 5.32 Å². The quantitative estimate of drug-likeness (QED) is 0.265. The lowest BCUT2D eigenvalue weighted by atomic mass is 10.0. The smallest absolute Gasteiger partial charge is 0.255 e. The van der Waals surface area contributed by atoms with Crippen molar-refractivity contribution < 1.29 is 28.9 Å². The van der Waals surface area contributed by atoms with E-state index in [-0.39, 0.29) is 29.6 Å². The Labute approximate surface area is 191 Å². The molecule has 0 aliphatic carbocycles. The Hall–Kier alpha value is -3.66. The molecule has 0 aliphatic heterocycles. The summed E-state index contributed by atoms with van der Waals surface area (Å²) in [5.74, 6) is -1.56. The summed E-state index contributed by atoms with van der Waals surface area (Å²) < 4.78 is 16.6.